The molecule has 0 amide bonds. The van der Waals surface area contributed by atoms with Gasteiger partial charge in [-0.1, -0.05) is 0 Å². The Hall–Kier alpha value is -2.01. The zero-order chi connectivity index (χ0) is 16.9. The van der Waals surface area contributed by atoms with Crippen LogP contribution >= 0.6 is 11.6 Å². The van der Waals surface area contributed by atoms with Crippen LogP contribution in [0.3, 0.4) is 0 Å². The number of anilines is 1. The highest BCUT2D eigenvalue weighted by Gasteiger charge is 2.53. The molecule has 1 fully saturated rings. The van der Waals surface area contributed by atoms with Crippen molar-refractivity contribution in [1.29, 1.82) is 0 Å². The lowest BCUT2D eigenvalue weighted by atomic mass is 10.0. The van der Waals surface area contributed by atoms with Crippen LogP contribution in [0.5, 0.6) is 0 Å². The average Bonchev–Trinajstić information content (AvgIpc) is 2.97. The van der Waals surface area contributed by atoms with Crippen LogP contribution in [0.2, 0.25) is 0 Å². The van der Waals surface area contributed by atoms with Crippen molar-refractivity contribution < 1.29 is 19.9 Å². The highest BCUT2D eigenvalue weighted by molar-refractivity contribution is 6.24. The van der Waals surface area contributed by atoms with Gasteiger partial charge in [-0.25, -0.2) is 9.97 Å². The zero-order valence-electron chi connectivity index (χ0n) is 12.0. The van der Waals surface area contributed by atoms with Gasteiger partial charge in [-0.2, -0.15) is 0 Å². The normalized spacial score (nSPS) is 30.9. The minimum atomic E-state index is -1.33. The number of nitrogen functional groups attached to an aromatic ring is 1. The van der Waals surface area contributed by atoms with Gasteiger partial charge in [-0.05, 0) is 6.92 Å². The summed E-state index contributed by atoms with van der Waals surface area (Å²) in [4.78, 5) is 17.1. The maximum atomic E-state index is 11.3. The van der Waals surface area contributed by atoms with E-state index in [4.69, 9.17) is 22.1 Å². The van der Waals surface area contributed by atoms with Gasteiger partial charge in [-0.15, -0.1) is 11.6 Å². The number of ether oxygens (including phenoxy) is 1. The third-order valence-corrected chi connectivity index (χ3v) is 4.38. The van der Waals surface area contributed by atoms with E-state index in [0.717, 1.165) is 0 Å². The van der Waals surface area contributed by atoms with Gasteiger partial charge in [0.2, 0.25) is 0 Å². The molecule has 1 aliphatic heterocycles. The van der Waals surface area contributed by atoms with E-state index in [9.17, 15) is 20.3 Å². The third kappa shape index (κ3) is 2.22. The molecule has 4 atom stereocenters. The molecule has 0 aliphatic carbocycles. The maximum absolute atomic E-state index is 11.3. The molecule has 0 saturated carbocycles. The Morgan fingerprint density at radius 1 is 1.61 bits per heavy atom. The van der Waals surface area contributed by atoms with Crippen LogP contribution in [-0.2, 0) is 4.74 Å². The van der Waals surface area contributed by atoms with Crippen LogP contribution in [0, 0.1) is 10.1 Å². The number of nitrogens with zero attached hydrogens (tertiary/aromatic N) is 4. The number of hydrogen-bond acceptors (Lipinski definition) is 8. The van der Waals surface area contributed by atoms with Crippen molar-refractivity contribution in [3.05, 3.63) is 22.6 Å². The quantitative estimate of drug-likeness (QED) is 0.405. The fourth-order valence-electron chi connectivity index (χ4n) is 2.77. The first-order valence-corrected chi connectivity index (χ1v) is 7.05. The molecule has 4 N–H and O–H groups in total. The van der Waals surface area contributed by atoms with Gasteiger partial charge in [-0.3, -0.25) is 14.7 Å². The van der Waals surface area contributed by atoms with E-state index in [0.29, 0.717) is 0 Å². The van der Waals surface area contributed by atoms with Gasteiger partial charge in [0.1, 0.15) is 34.6 Å². The first kappa shape index (κ1) is 15.9. The summed E-state index contributed by atoms with van der Waals surface area (Å²) in [5.74, 6) is -0.0472. The van der Waals surface area contributed by atoms with Crippen LogP contribution in [0.4, 0.5) is 11.5 Å². The number of aliphatic hydroxyl groups is 2. The van der Waals surface area contributed by atoms with Crippen LogP contribution < -0.4 is 5.73 Å². The van der Waals surface area contributed by atoms with E-state index in [1.54, 1.807) is 0 Å². The number of fused-ring (bicyclic) bond motifs is 1. The summed E-state index contributed by atoms with van der Waals surface area (Å²) in [7, 11) is 0. The number of aliphatic hydroxyl groups excluding tert-OH is 2. The van der Waals surface area contributed by atoms with E-state index in [2.05, 4.69) is 9.97 Å². The summed E-state index contributed by atoms with van der Waals surface area (Å²) in [5.41, 5.74) is 5.59. The van der Waals surface area contributed by atoms with Crippen molar-refractivity contribution in [3.8, 4) is 0 Å². The molecular formula is C12H14ClN5O5. The molecule has 1 saturated heterocycles. The zero-order valence-corrected chi connectivity index (χ0v) is 12.7. The number of hydrogen-bond donors (Lipinski definition) is 3. The maximum Gasteiger partial charge on any atom is 0.300 e. The van der Waals surface area contributed by atoms with Crippen LogP contribution in [0.15, 0.2) is 12.5 Å². The number of aromatic nitrogens is 3. The first-order chi connectivity index (χ1) is 10.8. The molecule has 10 nitrogen and oxygen atoms in total. The average molecular weight is 344 g/mol. The topological polar surface area (TPSA) is 150 Å². The molecular weight excluding hydrogens is 330 g/mol. The first-order valence-electron chi connectivity index (χ1n) is 6.67. The summed E-state index contributed by atoms with van der Waals surface area (Å²) in [5, 5.41) is 30.8. The SMILES string of the molecule is C[C@@]1(Cl)C(O)C(CO)O[C@H]1n1cc([N+](=O)[O-])c2c(N)ncnc21. The molecule has 2 unspecified atom stereocenters. The molecule has 0 bridgehead atoms. The van der Waals surface area contributed by atoms with E-state index in [1.807, 2.05) is 0 Å². The number of nitro groups is 1. The molecule has 0 aromatic carbocycles. The molecule has 1 aliphatic rings. The summed E-state index contributed by atoms with van der Waals surface area (Å²) >= 11 is 6.37. The Balaban J connectivity index is 2.21. The van der Waals surface area contributed by atoms with Gasteiger partial charge in [0.05, 0.1) is 17.7 Å². The van der Waals surface area contributed by atoms with Crippen LogP contribution in [0.1, 0.15) is 13.2 Å². The van der Waals surface area contributed by atoms with Gasteiger partial charge in [0.25, 0.3) is 5.69 Å². The predicted molar refractivity (Wildman–Crippen MR) is 79.9 cm³/mol. The lowest BCUT2D eigenvalue weighted by Crippen LogP contribution is -2.39. The highest BCUT2D eigenvalue weighted by Crippen LogP contribution is 2.45. The molecule has 0 spiro atoms. The monoisotopic (exact) mass is 343 g/mol. The minimum absolute atomic E-state index is 0.0472. The second-order valence-corrected chi connectivity index (χ2v) is 6.26. The Morgan fingerprint density at radius 3 is 2.87 bits per heavy atom. The van der Waals surface area contributed by atoms with Crippen LogP contribution in [-0.4, -0.2) is 53.4 Å². The largest absolute Gasteiger partial charge is 0.394 e. The number of rotatable bonds is 3. The van der Waals surface area contributed by atoms with Gasteiger partial charge in [0, 0.05) is 0 Å². The minimum Gasteiger partial charge on any atom is -0.394 e. The van der Waals surface area contributed by atoms with Crippen molar-refractivity contribution in [2.75, 3.05) is 12.3 Å². The molecule has 3 rings (SSSR count). The Morgan fingerprint density at radius 2 is 2.30 bits per heavy atom. The van der Waals surface area contributed by atoms with Crippen molar-refractivity contribution >= 4 is 34.1 Å². The molecule has 11 heteroatoms. The summed E-state index contributed by atoms with van der Waals surface area (Å²) in [6, 6.07) is 0. The molecule has 3 heterocycles. The van der Waals surface area contributed by atoms with Crippen molar-refractivity contribution in [2.24, 2.45) is 0 Å². The van der Waals surface area contributed by atoms with E-state index >= 15 is 0 Å². The number of nitrogens with two attached hydrogens (primary N) is 1. The fraction of sp³-hybridized carbons (Fsp3) is 0.500. The van der Waals surface area contributed by atoms with Gasteiger partial charge in [0.15, 0.2) is 11.9 Å². The predicted octanol–water partition coefficient (Wildman–Crippen LogP) is 0.170. The molecule has 0 radical (unpaired) electrons. The third-order valence-electron chi connectivity index (χ3n) is 3.96. The Bertz CT molecular complexity index is 779. The number of halogens is 1. The second kappa shape index (κ2) is 5.27. The molecule has 124 valence electrons. The Labute approximate surface area is 134 Å². The molecule has 2 aromatic heterocycles. The van der Waals surface area contributed by atoms with E-state index in [1.165, 1.54) is 24.0 Å². The fourth-order valence-corrected chi connectivity index (χ4v) is 3.07. The summed E-state index contributed by atoms with van der Waals surface area (Å²) in [6.45, 7) is 1.07. The second-order valence-electron chi connectivity index (χ2n) is 5.44. The van der Waals surface area contributed by atoms with Crippen molar-refractivity contribution in [2.45, 2.75) is 30.2 Å². The van der Waals surface area contributed by atoms with Gasteiger partial charge >= 0.3 is 0 Å². The molecule has 23 heavy (non-hydrogen) atoms. The standard InChI is InChI=1S/C12H14ClN5O5/c1-12(13)8(20)6(3-19)23-11(12)17-2-5(18(21)22)7-9(14)15-4-16-10(7)17/h2,4,6,8,11,19-20H,3H2,1H3,(H2,14,15,16)/t6?,8?,11-,12-/m1/s1. The summed E-state index contributed by atoms with van der Waals surface area (Å²) < 4.78 is 6.90. The van der Waals surface area contributed by atoms with Crippen LogP contribution in [0.25, 0.3) is 11.0 Å². The van der Waals surface area contributed by atoms with Crippen molar-refractivity contribution in [3.63, 3.8) is 0 Å². The van der Waals surface area contributed by atoms with Gasteiger partial charge < -0.3 is 20.7 Å². The van der Waals surface area contributed by atoms with E-state index in [-0.39, 0.29) is 22.5 Å². The lowest BCUT2D eigenvalue weighted by molar-refractivity contribution is -0.383. The molecule has 2 aromatic rings. The smallest absolute Gasteiger partial charge is 0.300 e. The Kier molecular flexibility index (Phi) is 3.64. The number of alkyl halides is 1. The highest BCUT2D eigenvalue weighted by atomic mass is 35.5. The summed E-state index contributed by atoms with van der Waals surface area (Å²) in [6.07, 6.45) is -0.721. The van der Waals surface area contributed by atoms with E-state index < -0.39 is 34.8 Å². The lowest BCUT2D eigenvalue weighted by Gasteiger charge is -2.26. The van der Waals surface area contributed by atoms with Crippen molar-refractivity contribution in [1.82, 2.24) is 14.5 Å².